The largest absolute Gasteiger partial charge is 0.391 e. The molecule has 0 amide bonds. The molecule has 20 heavy (non-hydrogen) atoms. The van der Waals surface area contributed by atoms with Crippen molar-refractivity contribution in [2.45, 2.75) is 51.1 Å². The molecule has 112 valence electrons. The van der Waals surface area contributed by atoms with Gasteiger partial charge < -0.3 is 20.9 Å². The van der Waals surface area contributed by atoms with E-state index in [-0.39, 0.29) is 11.2 Å². The van der Waals surface area contributed by atoms with Crippen molar-refractivity contribution in [2.75, 3.05) is 24.2 Å². The number of nitrogens with zero attached hydrogens (tertiary/aromatic N) is 2. The van der Waals surface area contributed by atoms with Crippen molar-refractivity contribution in [3.63, 3.8) is 0 Å². The Bertz CT molecular complexity index is 479. The lowest BCUT2D eigenvalue weighted by Gasteiger charge is -2.35. The summed E-state index contributed by atoms with van der Waals surface area (Å²) in [6.07, 6.45) is 7.12. The molecule has 0 unspecified atom stereocenters. The number of aromatic amines is 1. The predicted molar refractivity (Wildman–Crippen MR) is 82.0 cm³/mol. The van der Waals surface area contributed by atoms with Crippen LogP contribution in [0.15, 0.2) is 11.1 Å². The zero-order valence-electron chi connectivity index (χ0n) is 12.4. The van der Waals surface area contributed by atoms with Crippen molar-refractivity contribution in [1.82, 2.24) is 15.3 Å². The van der Waals surface area contributed by atoms with E-state index < -0.39 is 0 Å². The molecule has 6 heteroatoms. The van der Waals surface area contributed by atoms with Crippen molar-refractivity contribution in [3.8, 4) is 0 Å². The van der Waals surface area contributed by atoms with E-state index in [2.05, 4.69) is 27.1 Å². The zero-order valence-corrected chi connectivity index (χ0v) is 12.4. The Kier molecular flexibility index (Phi) is 5.00. The van der Waals surface area contributed by atoms with Gasteiger partial charge in [-0.25, -0.2) is 4.98 Å². The van der Waals surface area contributed by atoms with Crippen LogP contribution in [-0.4, -0.2) is 35.6 Å². The van der Waals surface area contributed by atoms with E-state index in [9.17, 15) is 4.79 Å². The van der Waals surface area contributed by atoms with E-state index in [1.165, 1.54) is 12.7 Å². The summed E-state index contributed by atoms with van der Waals surface area (Å²) in [5, 5.41) is 3.58. The molecule has 1 fully saturated rings. The summed E-state index contributed by atoms with van der Waals surface area (Å²) >= 11 is 0. The number of hydrogen-bond donors (Lipinski definition) is 3. The number of aromatic nitrogens is 2. The fourth-order valence-corrected chi connectivity index (χ4v) is 2.87. The van der Waals surface area contributed by atoms with Crippen LogP contribution in [0.3, 0.4) is 0 Å². The molecule has 1 saturated carbocycles. The lowest BCUT2D eigenvalue weighted by Crippen LogP contribution is -2.42. The van der Waals surface area contributed by atoms with Gasteiger partial charge in [-0.3, -0.25) is 4.79 Å². The van der Waals surface area contributed by atoms with Crippen LogP contribution < -0.4 is 21.5 Å². The average Bonchev–Trinajstić information content (AvgIpc) is 2.48. The standard InChI is InChI=1S/C14H25N5O/c1-3-8-16-10-4-6-11(7-5-10)19(2)13-12(15)14(20)18-9-17-13/h9-11,16H,3-8,15H2,1-2H3,(H,17,18,20). The molecule has 4 N–H and O–H groups in total. The number of H-pyrrole nitrogens is 1. The summed E-state index contributed by atoms with van der Waals surface area (Å²) < 4.78 is 0. The highest BCUT2D eigenvalue weighted by atomic mass is 16.1. The van der Waals surface area contributed by atoms with Gasteiger partial charge in [-0.2, -0.15) is 0 Å². The van der Waals surface area contributed by atoms with Gasteiger partial charge in [0, 0.05) is 19.1 Å². The van der Waals surface area contributed by atoms with Crippen molar-refractivity contribution in [1.29, 1.82) is 0 Å². The van der Waals surface area contributed by atoms with Crippen molar-refractivity contribution >= 4 is 11.5 Å². The lowest BCUT2D eigenvalue weighted by molar-refractivity contribution is 0.337. The van der Waals surface area contributed by atoms with E-state index in [0.717, 1.165) is 32.2 Å². The summed E-state index contributed by atoms with van der Waals surface area (Å²) in [6, 6.07) is 1.04. The maximum absolute atomic E-state index is 11.5. The molecular weight excluding hydrogens is 254 g/mol. The number of anilines is 2. The van der Waals surface area contributed by atoms with E-state index in [4.69, 9.17) is 5.73 Å². The molecule has 6 nitrogen and oxygen atoms in total. The third kappa shape index (κ3) is 3.30. The van der Waals surface area contributed by atoms with Crippen molar-refractivity contribution in [3.05, 3.63) is 16.7 Å². The van der Waals surface area contributed by atoms with Crippen LogP contribution >= 0.6 is 0 Å². The quantitative estimate of drug-likeness (QED) is 0.751. The topological polar surface area (TPSA) is 87.0 Å². The fourth-order valence-electron chi connectivity index (χ4n) is 2.87. The summed E-state index contributed by atoms with van der Waals surface area (Å²) in [5.41, 5.74) is 5.77. The van der Waals surface area contributed by atoms with Gasteiger partial charge in [0.1, 0.15) is 5.69 Å². The third-order valence-corrected chi connectivity index (χ3v) is 4.13. The zero-order chi connectivity index (χ0) is 14.5. The first-order valence-corrected chi connectivity index (χ1v) is 7.42. The van der Waals surface area contributed by atoms with Crippen LogP contribution in [0.2, 0.25) is 0 Å². The summed E-state index contributed by atoms with van der Waals surface area (Å²) in [5.74, 6) is 0.596. The maximum atomic E-state index is 11.5. The van der Waals surface area contributed by atoms with Gasteiger partial charge in [0.05, 0.1) is 6.33 Å². The summed E-state index contributed by atoms with van der Waals surface area (Å²) in [4.78, 5) is 20.3. The number of nitrogen functional groups attached to an aromatic ring is 1. The molecular formula is C14H25N5O. The third-order valence-electron chi connectivity index (χ3n) is 4.13. The smallest absolute Gasteiger partial charge is 0.276 e. The van der Waals surface area contributed by atoms with E-state index in [1.54, 1.807) is 0 Å². The highest BCUT2D eigenvalue weighted by Crippen LogP contribution is 2.26. The summed E-state index contributed by atoms with van der Waals surface area (Å²) in [7, 11) is 1.97. The molecule has 0 radical (unpaired) electrons. The SMILES string of the molecule is CCCNC1CCC(N(C)c2nc[nH]c(=O)c2N)CC1. The Morgan fingerprint density at radius 3 is 2.80 bits per heavy atom. The molecule has 0 saturated heterocycles. The van der Waals surface area contributed by atoms with Crippen LogP contribution in [0.1, 0.15) is 39.0 Å². The second-order valence-corrected chi connectivity index (χ2v) is 5.54. The first kappa shape index (κ1) is 14.8. The van der Waals surface area contributed by atoms with Gasteiger partial charge in [0.2, 0.25) is 0 Å². The fraction of sp³-hybridized carbons (Fsp3) is 0.714. The van der Waals surface area contributed by atoms with Gasteiger partial charge in [0.25, 0.3) is 5.56 Å². The van der Waals surface area contributed by atoms with Gasteiger partial charge in [-0.1, -0.05) is 6.92 Å². The average molecular weight is 279 g/mol. The molecule has 1 aliphatic carbocycles. The van der Waals surface area contributed by atoms with Gasteiger partial charge in [-0.05, 0) is 38.6 Å². The Hall–Kier alpha value is -1.56. The summed E-state index contributed by atoms with van der Waals surface area (Å²) in [6.45, 7) is 3.28. The normalized spacial score (nSPS) is 22.7. The van der Waals surface area contributed by atoms with E-state index >= 15 is 0 Å². The maximum Gasteiger partial charge on any atom is 0.276 e. The highest BCUT2D eigenvalue weighted by molar-refractivity contribution is 5.60. The molecule has 2 rings (SSSR count). The van der Waals surface area contributed by atoms with Crippen molar-refractivity contribution in [2.24, 2.45) is 0 Å². The number of nitrogens with one attached hydrogen (secondary N) is 2. The monoisotopic (exact) mass is 279 g/mol. The highest BCUT2D eigenvalue weighted by Gasteiger charge is 2.25. The Morgan fingerprint density at radius 2 is 2.15 bits per heavy atom. The molecule has 1 aromatic rings. The first-order valence-electron chi connectivity index (χ1n) is 7.42. The predicted octanol–water partition coefficient (Wildman–Crippen LogP) is 1.10. The number of rotatable bonds is 5. The lowest BCUT2D eigenvalue weighted by atomic mass is 9.90. The van der Waals surface area contributed by atoms with Crippen molar-refractivity contribution < 1.29 is 0 Å². The number of hydrogen-bond acceptors (Lipinski definition) is 5. The molecule has 1 aliphatic rings. The minimum Gasteiger partial charge on any atom is -0.391 e. The Balaban J connectivity index is 1.96. The van der Waals surface area contributed by atoms with Crippen LogP contribution in [-0.2, 0) is 0 Å². The Labute approximate surface area is 119 Å². The Morgan fingerprint density at radius 1 is 1.45 bits per heavy atom. The van der Waals surface area contributed by atoms with E-state index in [0.29, 0.717) is 17.9 Å². The first-order chi connectivity index (χ1) is 9.63. The van der Waals surface area contributed by atoms with Crippen LogP contribution in [0.4, 0.5) is 11.5 Å². The van der Waals surface area contributed by atoms with Gasteiger partial charge >= 0.3 is 0 Å². The molecule has 0 bridgehead atoms. The molecule has 1 heterocycles. The van der Waals surface area contributed by atoms with Crippen LogP contribution in [0, 0.1) is 0 Å². The molecule has 0 aromatic carbocycles. The van der Waals surface area contributed by atoms with Crippen LogP contribution in [0.25, 0.3) is 0 Å². The van der Waals surface area contributed by atoms with Crippen LogP contribution in [0.5, 0.6) is 0 Å². The number of nitrogens with two attached hydrogens (primary N) is 1. The second kappa shape index (κ2) is 6.74. The molecule has 0 atom stereocenters. The van der Waals surface area contributed by atoms with E-state index in [1.807, 2.05) is 7.05 Å². The molecule has 0 aliphatic heterocycles. The molecule has 1 aromatic heterocycles. The minimum atomic E-state index is -0.264. The van der Waals surface area contributed by atoms with Gasteiger partial charge in [0.15, 0.2) is 5.82 Å². The van der Waals surface area contributed by atoms with Gasteiger partial charge in [-0.15, -0.1) is 0 Å². The molecule has 0 spiro atoms. The second-order valence-electron chi connectivity index (χ2n) is 5.54. The minimum absolute atomic E-state index is 0.209.